The van der Waals surface area contributed by atoms with Crippen LogP contribution in [-0.4, -0.2) is 4.98 Å². The summed E-state index contributed by atoms with van der Waals surface area (Å²) in [7, 11) is 0. The maximum Gasteiger partial charge on any atom is 0.0657 e. The number of H-pyrrole nitrogens is 1. The summed E-state index contributed by atoms with van der Waals surface area (Å²) in [5, 5.41) is 0. The zero-order valence-electron chi connectivity index (χ0n) is 11.6. The maximum atomic E-state index is 3.30. The molecular formula is C16H28N. The molecule has 0 unspecified atom stereocenters. The first kappa shape index (κ1) is 14.3. The molecule has 0 bridgehead atoms. The summed E-state index contributed by atoms with van der Waals surface area (Å²) in [4.78, 5) is 3.16. The van der Waals surface area contributed by atoms with Gasteiger partial charge in [-0.15, -0.1) is 0 Å². The normalized spacial score (nSPS) is 10.9. The van der Waals surface area contributed by atoms with Gasteiger partial charge in [0, 0.05) is 6.20 Å². The van der Waals surface area contributed by atoms with Crippen molar-refractivity contribution in [2.45, 2.75) is 78.1 Å². The molecule has 1 aromatic heterocycles. The molecule has 0 aromatic carbocycles. The van der Waals surface area contributed by atoms with Crippen molar-refractivity contribution in [3.05, 3.63) is 23.5 Å². The third-order valence-electron chi connectivity index (χ3n) is 3.44. The fourth-order valence-corrected chi connectivity index (χ4v) is 2.29. The van der Waals surface area contributed by atoms with E-state index in [2.05, 4.69) is 31.2 Å². The van der Waals surface area contributed by atoms with Crippen molar-refractivity contribution in [2.24, 2.45) is 0 Å². The van der Waals surface area contributed by atoms with Crippen molar-refractivity contribution in [3.63, 3.8) is 0 Å². The van der Waals surface area contributed by atoms with Crippen molar-refractivity contribution < 1.29 is 0 Å². The highest BCUT2D eigenvalue weighted by Crippen LogP contribution is 2.15. The van der Waals surface area contributed by atoms with Crippen LogP contribution in [0.4, 0.5) is 0 Å². The minimum absolute atomic E-state index is 1.21. The van der Waals surface area contributed by atoms with Gasteiger partial charge in [0.2, 0.25) is 0 Å². The molecule has 0 saturated carbocycles. The SMILES string of the molecule is CCCCCCc1[c][nH]cc1CCCCCC. The molecule has 1 heteroatoms. The fourth-order valence-electron chi connectivity index (χ4n) is 2.29. The Morgan fingerprint density at radius 2 is 1.53 bits per heavy atom. The van der Waals surface area contributed by atoms with E-state index in [1.807, 2.05) is 0 Å². The van der Waals surface area contributed by atoms with E-state index in [4.69, 9.17) is 0 Å². The molecule has 0 aliphatic carbocycles. The Balaban J connectivity index is 2.22. The monoisotopic (exact) mass is 234 g/mol. The van der Waals surface area contributed by atoms with Crippen LogP contribution in [0.5, 0.6) is 0 Å². The molecule has 0 amide bonds. The maximum absolute atomic E-state index is 3.30. The van der Waals surface area contributed by atoms with Crippen LogP contribution < -0.4 is 0 Å². The van der Waals surface area contributed by atoms with Crippen molar-refractivity contribution in [2.75, 3.05) is 0 Å². The first-order chi connectivity index (χ1) is 8.38. The molecule has 1 radical (unpaired) electrons. The number of hydrogen-bond acceptors (Lipinski definition) is 0. The van der Waals surface area contributed by atoms with E-state index in [-0.39, 0.29) is 0 Å². The van der Waals surface area contributed by atoms with Crippen LogP contribution in [0.2, 0.25) is 0 Å². The van der Waals surface area contributed by atoms with Gasteiger partial charge >= 0.3 is 0 Å². The highest BCUT2D eigenvalue weighted by Gasteiger charge is 2.03. The second kappa shape index (κ2) is 9.32. The highest BCUT2D eigenvalue weighted by molar-refractivity contribution is 5.22. The lowest BCUT2D eigenvalue weighted by atomic mass is 10.0. The molecule has 0 aliphatic rings. The van der Waals surface area contributed by atoms with E-state index >= 15 is 0 Å². The largest absolute Gasteiger partial charge is 0.359 e. The van der Waals surface area contributed by atoms with E-state index in [1.54, 1.807) is 0 Å². The summed E-state index contributed by atoms with van der Waals surface area (Å²) in [6.45, 7) is 4.53. The molecule has 1 heterocycles. The number of rotatable bonds is 10. The van der Waals surface area contributed by atoms with Gasteiger partial charge in [-0.3, -0.25) is 0 Å². The average Bonchev–Trinajstić information content (AvgIpc) is 2.78. The summed E-state index contributed by atoms with van der Waals surface area (Å²) >= 11 is 0. The Morgan fingerprint density at radius 3 is 2.18 bits per heavy atom. The van der Waals surface area contributed by atoms with E-state index in [0.29, 0.717) is 0 Å². The van der Waals surface area contributed by atoms with Crippen molar-refractivity contribution in [1.29, 1.82) is 0 Å². The quantitative estimate of drug-likeness (QED) is 0.545. The topological polar surface area (TPSA) is 15.8 Å². The number of aromatic amines is 1. The Hall–Kier alpha value is -0.720. The molecule has 0 aliphatic heterocycles. The Bertz CT molecular complexity index is 248. The molecule has 1 nitrogen and oxygen atoms in total. The van der Waals surface area contributed by atoms with Gasteiger partial charge < -0.3 is 4.98 Å². The number of hydrogen-bond donors (Lipinski definition) is 1. The van der Waals surface area contributed by atoms with Crippen LogP contribution in [0.3, 0.4) is 0 Å². The Labute approximate surface area is 107 Å². The highest BCUT2D eigenvalue weighted by atomic mass is 14.6. The number of unbranched alkanes of at least 4 members (excludes halogenated alkanes) is 6. The predicted octanol–water partition coefficient (Wildman–Crippen LogP) is 5.06. The molecule has 0 fully saturated rings. The molecule has 1 aromatic rings. The summed E-state index contributed by atoms with van der Waals surface area (Å²) < 4.78 is 0. The number of aromatic nitrogens is 1. The van der Waals surface area contributed by atoms with Crippen molar-refractivity contribution in [3.8, 4) is 0 Å². The molecular weight excluding hydrogens is 206 g/mol. The van der Waals surface area contributed by atoms with Crippen LogP contribution in [0.1, 0.15) is 76.3 Å². The molecule has 0 saturated heterocycles. The lowest BCUT2D eigenvalue weighted by Gasteiger charge is -2.03. The van der Waals surface area contributed by atoms with Crippen LogP contribution in [0, 0.1) is 6.20 Å². The van der Waals surface area contributed by atoms with Gasteiger partial charge in [0.05, 0.1) is 6.20 Å². The smallest absolute Gasteiger partial charge is 0.0657 e. The van der Waals surface area contributed by atoms with E-state index in [9.17, 15) is 0 Å². The van der Waals surface area contributed by atoms with E-state index in [0.717, 1.165) is 0 Å². The van der Waals surface area contributed by atoms with Gasteiger partial charge in [-0.25, -0.2) is 0 Å². The number of nitrogens with one attached hydrogen (secondary N) is 1. The third-order valence-corrected chi connectivity index (χ3v) is 3.44. The molecule has 17 heavy (non-hydrogen) atoms. The van der Waals surface area contributed by atoms with Gasteiger partial charge in [-0.1, -0.05) is 52.4 Å². The summed E-state index contributed by atoms with van der Waals surface area (Å²) in [6, 6.07) is 0. The minimum atomic E-state index is 1.21. The summed E-state index contributed by atoms with van der Waals surface area (Å²) in [6.07, 6.45) is 18.7. The minimum Gasteiger partial charge on any atom is -0.359 e. The molecule has 0 atom stereocenters. The summed E-state index contributed by atoms with van der Waals surface area (Å²) in [5.74, 6) is 0. The van der Waals surface area contributed by atoms with Gasteiger partial charge in [-0.05, 0) is 36.8 Å². The lowest BCUT2D eigenvalue weighted by Crippen LogP contribution is -1.91. The molecule has 97 valence electrons. The van der Waals surface area contributed by atoms with Crippen molar-refractivity contribution >= 4 is 0 Å². The first-order valence-corrected chi connectivity index (χ1v) is 7.45. The zero-order chi connectivity index (χ0) is 12.3. The molecule has 1 rings (SSSR count). The lowest BCUT2D eigenvalue weighted by molar-refractivity contribution is 0.652. The molecule has 0 spiro atoms. The van der Waals surface area contributed by atoms with Gasteiger partial charge in [0.25, 0.3) is 0 Å². The average molecular weight is 234 g/mol. The van der Waals surface area contributed by atoms with E-state index in [1.165, 1.54) is 75.3 Å². The van der Waals surface area contributed by atoms with Crippen LogP contribution in [0.15, 0.2) is 6.20 Å². The number of aryl methyl sites for hydroxylation is 2. The standard InChI is InChI=1S/C16H28N/c1-3-5-7-9-11-15-13-17-14-16(15)12-10-8-6-4-2/h13,17H,3-12H2,1-2H3. The first-order valence-electron chi connectivity index (χ1n) is 7.45. The van der Waals surface area contributed by atoms with Crippen LogP contribution in [-0.2, 0) is 12.8 Å². The Morgan fingerprint density at radius 1 is 0.882 bits per heavy atom. The summed E-state index contributed by atoms with van der Waals surface area (Å²) in [5.41, 5.74) is 2.95. The predicted molar refractivity (Wildman–Crippen MR) is 75.3 cm³/mol. The van der Waals surface area contributed by atoms with E-state index < -0.39 is 0 Å². The second-order valence-electron chi connectivity index (χ2n) is 5.04. The van der Waals surface area contributed by atoms with Crippen LogP contribution in [0.25, 0.3) is 0 Å². The van der Waals surface area contributed by atoms with Crippen molar-refractivity contribution in [1.82, 2.24) is 4.98 Å². The zero-order valence-corrected chi connectivity index (χ0v) is 11.6. The fraction of sp³-hybridized carbons (Fsp3) is 0.750. The van der Waals surface area contributed by atoms with Gasteiger partial charge in [0.1, 0.15) is 0 Å². The molecule has 1 N–H and O–H groups in total. The van der Waals surface area contributed by atoms with Crippen LogP contribution >= 0.6 is 0 Å². The Kier molecular flexibility index (Phi) is 7.87. The van der Waals surface area contributed by atoms with Gasteiger partial charge in [-0.2, -0.15) is 0 Å². The third kappa shape index (κ3) is 5.95. The van der Waals surface area contributed by atoms with Gasteiger partial charge in [0.15, 0.2) is 0 Å². The second-order valence-corrected chi connectivity index (χ2v) is 5.04.